The third kappa shape index (κ3) is 6.04. The van der Waals surface area contributed by atoms with Gasteiger partial charge in [0.1, 0.15) is 17.5 Å². The Kier molecular flexibility index (Phi) is 8.05. The van der Waals surface area contributed by atoms with Crippen LogP contribution in [0.15, 0.2) is 22.8 Å². The number of nitrogens with zero attached hydrogens (tertiary/aromatic N) is 3. The fourth-order valence-electron chi connectivity index (χ4n) is 4.52. The molecule has 34 heavy (non-hydrogen) atoms. The zero-order valence-electron chi connectivity index (χ0n) is 20.6. The number of fused-ring (bicyclic) bond motifs is 1. The highest BCUT2D eigenvalue weighted by atomic mass is 79.9. The van der Waals surface area contributed by atoms with Gasteiger partial charge in [0.2, 0.25) is 0 Å². The lowest BCUT2D eigenvalue weighted by molar-refractivity contribution is -0.0366. The van der Waals surface area contributed by atoms with Crippen molar-refractivity contribution in [3.8, 4) is 5.75 Å². The second-order valence-electron chi connectivity index (χ2n) is 10.1. The van der Waals surface area contributed by atoms with E-state index < -0.39 is 5.60 Å². The summed E-state index contributed by atoms with van der Waals surface area (Å²) >= 11 is 3.63. The van der Waals surface area contributed by atoms with Crippen LogP contribution in [0.5, 0.6) is 5.75 Å². The molecule has 1 saturated carbocycles. The van der Waals surface area contributed by atoms with Crippen LogP contribution in [0.1, 0.15) is 65.5 Å². The zero-order chi connectivity index (χ0) is 24.3. The van der Waals surface area contributed by atoms with E-state index in [0.717, 1.165) is 66.3 Å². The Morgan fingerprint density at radius 1 is 1.29 bits per heavy atom. The van der Waals surface area contributed by atoms with Crippen molar-refractivity contribution >= 4 is 32.9 Å². The van der Waals surface area contributed by atoms with Gasteiger partial charge in [-0.1, -0.05) is 15.9 Å². The van der Waals surface area contributed by atoms with Gasteiger partial charge in [-0.05, 0) is 58.6 Å². The maximum Gasteiger partial charge on any atom is 0.410 e. The van der Waals surface area contributed by atoms with Crippen molar-refractivity contribution < 1.29 is 23.7 Å². The second-order valence-corrected chi connectivity index (χ2v) is 11.0. The monoisotopic (exact) mass is 537 g/mol. The number of hydrogen-bond acceptors (Lipinski definition) is 6. The number of rotatable bonds is 8. The first-order chi connectivity index (χ1) is 16.2. The second kappa shape index (κ2) is 10.8. The van der Waals surface area contributed by atoms with E-state index in [9.17, 15) is 4.79 Å². The molecule has 2 fully saturated rings. The van der Waals surface area contributed by atoms with E-state index in [1.165, 1.54) is 0 Å². The Morgan fingerprint density at radius 3 is 2.76 bits per heavy atom. The molecule has 1 aliphatic heterocycles. The largest absolute Gasteiger partial charge is 0.489 e. The van der Waals surface area contributed by atoms with Gasteiger partial charge in [0.05, 0.1) is 17.1 Å². The van der Waals surface area contributed by atoms with Crippen LogP contribution >= 0.6 is 15.9 Å². The fraction of sp³-hybridized carbons (Fsp3) is 0.680. The minimum absolute atomic E-state index is 0.0315. The van der Waals surface area contributed by atoms with Crippen molar-refractivity contribution in [1.29, 1.82) is 0 Å². The maximum absolute atomic E-state index is 12.8. The molecule has 2 aromatic rings. The summed E-state index contributed by atoms with van der Waals surface area (Å²) in [5.41, 5.74) is 0.475. The first kappa shape index (κ1) is 25.3. The van der Waals surface area contributed by atoms with Crippen LogP contribution in [0.3, 0.4) is 0 Å². The van der Waals surface area contributed by atoms with E-state index >= 15 is 0 Å². The quantitative estimate of drug-likeness (QED) is 0.403. The summed E-state index contributed by atoms with van der Waals surface area (Å²) in [5.74, 6) is 0.804. The van der Waals surface area contributed by atoms with Crippen LogP contribution in [0.25, 0.3) is 10.9 Å². The first-order valence-corrected chi connectivity index (χ1v) is 13.0. The molecule has 1 aliphatic carbocycles. The number of amides is 1. The molecule has 8 nitrogen and oxygen atoms in total. The molecular formula is C25H36BrN3O5. The number of carbonyl (C=O) groups is 1. The Bertz CT molecular complexity index is 977. The molecule has 0 bridgehead atoms. The Morgan fingerprint density at radius 2 is 2.09 bits per heavy atom. The Hall–Kier alpha value is -1.84. The van der Waals surface area contributed by atoms with E-state index in [-0.39, 0.29) is 24.5 Å². The number of aromatic nitrogens is 2. The summed E-state index contributed by atoms with van der Waals surface area (Å²) in [4.78, 5) is 14.7. The van der Waals surface area contributed by atoms with Crippen molar-refractivity contribution in [3.05, 3.63) is 22.8 Å². The van der Waals surface area contributed by atoms with E-state index in [1.54, 1.807) is 7.11 Å². The van der Waals surface area contributed by atoms with E-state index in [1.807, 2.05) is 42.6 Å². The minimum Gasteiger partial charge on any atom is -0.489 e. The predicted octanol–water partition coefficient (Wildman–Crippen LogP) is 5.68. The lowest BCUT2D eigenvalue weighted by Gasteiger charge is -2.43. The molecule has 1 saturated heterocycles. The van der Waals surface area contributed by atoms with Crippen LogP contribution in [0.4, 0.5) is 4.79 Å². The highest BCUT2D eigenvalue weighted by Gasteiger charge is 2.39. The highest BCUT2D eigenvalue weighted by molar-refractivity contribution is 9.10. The molecule has 0 N–H and O–H groups in total. The molecule has 1 aromatic carbocycles. The third-order valence-electron chi connectivity index (χ3n) is 6.25. The smallest absolute Gasteiger partial charge is 0.410 e. The number of halogens is 1. The molecule has 1 atom stereocenters. The average molecular weight is 538 g/mol. The normalized spacial score (nSPS) is 22.9. The molecule has 2 heterocycles. The maximum atomic E-state index is 12.8. The van der Waals surface area contributed by atoms with Crippen LogP contribution in [-0.4, -0.2) is 65.4 Å². The Labute approximate surface area is 210 Å². The van der Waals surface area contributed by atoms with Gasteiger partial charge in [-0.2, -0.15) is 5.10 Å². The van der Waals surface area contributed by atoms with Gasteiger partial charge in [-0.15, -0.1) is 0 Å². The summed E-state index contributed by atoms with van der Waals surface area (Å²) < 4.78 is 26.1. The summed E-state index contributed by atoms with van der Waals surface area (Å²) in [6, 6.07) is 4.16. The van der Waals surface area contributed by atoms with Crippen LogP contribution in [0, 0.1) is 0 Å². The van der Waals surface area contributed by atoms with Crippen LogP contribution in [-0.2, 0) is 14.2 Å². The van der Waals surface area contributed by atoms with Crippen molar-refractivity contribution in [2.24, 2.45) is 0 Å². The molecule has 1 aromatic heterocycles. The summed E-state index contributed by atoms with van der Waals surface area (Å²) in [7, 11) is 1.67. The minimum atomic E-state index is -0.527. The van der Waals surface area contributed by atoms with E-state index in [0.29, 0.717) is 13.2 Å². The summed E-state index contributed by atoms with van der Waals surface area (Å²) in [5, 5.41) is 5.60. The van der Waals surface area contributed by atoms with Gasteiger partial charge in [-0.25, -0.2) is 9.48 Å². The van der Waals surface area contributed by atoms with Crippen molar-refractivity contribution in [2.45, 2.75) is 83.3 Å². The highest BCUT2D eigenvalue weighted by Crippen LogP contribution is 2.37. The summed E-state index contributed by atoms with van der Waals surface area (Å²) in [6.07, 6.45) is 7.10. The molecule has 188 valence electrons. The number of hydrogen-bond donors (Lipinski definition) is 0. The van der Waals surface area contributed by atoms with Gasteiger partial charge in [0.15, 0.2) is 6.23 Å². The van der Waals surface area contributed by atoms with Gasteiger partial charge in [0, 0.05) is 50.2 Å². The number of benzene rings is 1. The van der Waals surface area contributed by atoms with Crippen LogP contribution < -0.4 is 4.74 Å². The van der Waals surface area contributed by atoms with Gasteiger partial charge in [-0.3, -0.25) is 0 Å². The number of methoxy groups -OCH3 is 1. The first-order valence-electron chi connectivity index (χ1n) is 12.2. The van der Waals surface area contributed by atoms with Gasteiger partial charge < -0.3 is 23.8 Å². The zero-order valence-corrected chi connectivity index (χ0v) is 22.2. The predicted molar refractivity (Wildman–Crippen MR) is 133 cm³/mol. The summed E-state index contributed by atoms with van der Waals surface area (Å²) in [6.45, 7) is 7.66. The molecule has 2 aliphatic rings. The van der Waals surface area contributed by atoms with Crippen LogP contribution in [0.2, 0.25) is 0 Å². The third-order valence-corrected chi connectivity index (χ3v) is 6.71. The molecular weight excluding hydrogens is 502 g/mol. The van der Waals surface area contributed by atoms with E-state index in [4.69, 9.17) is 18.9 Å². The SMILES string of the molecule is COCCCN(C(=O)OC(C)(C)C)C1CC(Oc2cc(Br)cc3c2cnn3C2CCCCO2)C1. The molecule has 4 rings (SSSR count). The van der Waals surface area contributed by atoms with Crippen molar-refractivity contribution in [3.63, 3.8) is 0 Å². The molecule has 1 unspecified atom stereocenters. The fourth-order valence-corrected chi connectivity index (χ4v) is 4.94. The molecule has 9 heteroatoms. The molecule has 0 spiro atoms. The topological polar surface area (TPSA) is 75.0 Å². The standard InChI is InChI=1S/C25H36BrN3O5/c1-25(2,3)34-24(30)28(9-7-10-31-4)18-14-19(15-18)33-22-13-17(26)12-21-20(22)16-27-29(21)23-8-5-6-11-32-23/h12-13,16,18-19,23H,5-11,14-15H2,1-4H3. The number of carbonyl (C=O) groups excluding carboxylic acids is 1. The lowest BCUT2D eigenvalue weighted by atomic mass is 9.87. The van der Waals surface area contributed by atoms with E-state index in [2.05, 4.69) is 27.1 Å². The number of ether oxygens (including phenoxy) is 4. The average Bonchev–Trinajstić information content (AvgIpc) is 3.17. The van der Waals surface area contributed by atoms with Gasteiger partial charge in [0.25, 0.3) is 0 Å². The van der Waals surface area contributed by atoms with Crippen molar-refractivity contribution in [2.75, 3.05) is 26.9 Å². The Balaban J connectivity index is 1.43. The molecule has 0 radical (unpaired) electrons. The lowest BCUT2D eigenvalue weighted by Crippen LogP contribution is -2.53. The molecule has 1 amide bonds. The van der Waals surface area contributed by atoms with Gasteiger partial charge >= 0.3 is 6.09 Å². The van der Waals surface area contributed by atoms with Crippen molar-refractivity contribution in [1.82, 2.24) is 14.7 Å².